The maximum absolute atomic E-state index is 12.2. The van der Waals surface area contributed by atoms with Crippen LogP contribution in [0.3, 0.4) is 0 Å². The Morgan fingerprint density at radius 1 is 1.45 bits per heavy atom. The second-order valence-corrected chi connectivity index (χ2v) is 5.20. The van der Waals surface area contributed by atoms with E-state index in [2.05, 4.69) is 22.8 Å². The Hall–Kier alpha value is -2.15. The summed E-state index contributed by atoms with van der Waals surface area (Å²) in [6.07, 6.45) is 3.81. The number of carbonyl (C=O) groups excluding carboxylic acids is 2. The van der Waals surface area contributed by atoms with Crippen molar-refractivity contribution >= 4 is 18.1 Å². The van der Waals surface area contributed by atoms with Crippen LogP contribution < -0.4 is 10.9 Å². The average molecular weight is 308 g/mol. The lowest BCUT2D eigenvalue weighted by molar-refractivity contribution is -0.154. The molecule has 0 saturated heterocycles. The van der Waals surface area contributed by atoms with E-state index >= 15 is 0 Å². The zero-order chi connectivity index (χ0) is 16.4. The Bertz CT molecular complexity index is 482. The molecule has 1 heterocycles. The van der Waals surface area contributed by atoms with E-state index in [1.807, 2.05) is 19.1 Å². The van der Waals surface area contributed by atoms with Crippen LogP contribution in [0.2, 0.25) is 0 Å². The van der Waals surface area contributed by atoms with Crippen molar-refractivity contribution in [2.75, 3.05) is 12.0 Å². The maximum Gasteiger partial charge on any atom is 0.243 e. The summed E-state index contributed by atoms with van der Waals surface area (Å²) in [7, 11) is 0. The minimum atomic E-state index is -0.473. The first-order valence-electron chi connectivity index (χ1n) is 7.47. The average Bonchev–Trinajstić information content (AvgIpc) is 2.51. The lowest BCUT2D eigenvalue weighted by Gasteiger charge is -2.19. The van der Waals surface area contributed by atoms with Crippen molar-refractivity contribution in [1.82, 2.24) is 15.5 Å². The highest BCUT2D eigenvalue weighted by molar-refractivity contribution is 5.80. The highest BCUT2D eigenvalue weighted by Gasteiger charge is 2.20. The van der Waals surface area contributed by atoms with Crippen LogP contribution in [0, 0.1) is 12.8 Å². The second-order valence-electron chi connectivity index (χ2n) is 5.20. The normalized spacial score (nSPS) is 11.6. The van der Waals surface area contributed by atoms with Gasteiger partial charge >= 0.3 is 0 Å². The Morgan fingerprint density at radius 3 is 2.86 bits per heavy atom. The van der Waals surface area contributed by atoms with Gasteiger partial charge in [0.2, 0.25) is 12.3 Å². The van der Waals surface area contributed by atoms with Gasteiger partial charge in [0.25, 0.3) is 0 Å². The molecule has 0 spiro atoms. The number of nitrogens with zero attached hydrogens (tertiary/aromatic N) is 2. The molecule has 1 aromatic rings. The molecule has 0 radical (unpaired) electrons. The van der Waals surface area contributed by atoms with Crippen molar-refractivity contribution in [1.29, 1.82) is 0 Å². The molecule has 2 amide bonds. The molecule has 0 unspecified atom stereocenters. The molecule has 0 aliphatic carbocycles. The number of nitrogens with one attached hydrogen (secondary N) is 2. The fraction of sp³-hybridized carbons (Fsp3) is 0.533. The van der Waals surface area contributed by atoms with Crippen molar-refractivity contribution in [3.63, 3.8) is 0 Å². The molecule has 0 fully saturated rings. The third kappa shape index (κ3) is 6.53. The molecule has 122 valence electrons. The van der Waals surface area contributed by atoms with Crippen LogP contribution in [0.4, 0.5) is 5.82 Å². The molecule has 22 heavy (non-hydrogen) atoms. The SMILES string of the molecule is CCCCC[C@@H](CN(O)C=O)C(=O)NNc1cccc(C)n1. The third-order valence-corrected chi connectivity index (χ3v) is 3.26. The Balaban J connectivity index is 2.55. The van der Waals surface area contributed by atoms with E-state index in [0.29, 0.717) is 23.7 Å². The van der Waals surface area contributed by atoms with Gasteiger partial charge in [0, 0.05) is 5.69 Å². The van der Waals surface area contributed by atoms with Gasteiger partial charge in [0.1, 0.15) is 5.82 Å². The molecule has 3 N–H and O–H groups in total. The minimum Gasteiger partial charge on any atom is -0.286 e. The van der Waals surface area contributed by atoms with Crippen LogP contribution in [0.5, 0.6) is 0 Å². The van der Waals surface area contributed by atoms with Crippen LogP contribution >= 0.6 is 0 Å². The summed E-state index contributed by atoms with van der Waals surface area (Å²) >= 11 is 0. The van der Waals surface area contributed by atoms with E-state index in [9.17, 15) is 14.8 Å². The van der Waals surface area contributed by atoms with Crippen molar-refractivity contribution < 1.29 is 14.8 Å². The number of hydroxylamine groups is 2. The smallest absolute Gasteiger partial charge is 0.243 e. The summed E-state index contributed by atoms with van der Waals surface area (Å²) in [5.41, 5.74) is 6.16. The predicted octanol–water partition coefficient (Wildman–Crippen LogP) is 1.88. The number of unbranched alkanes of at least 4 members (excludes halogenated alkanes) is 2. The summed E-state index contributed by atoms with van der Waals surface area (Å²) in [6.45, 7) is 3.90. The van der Waals surface area contributed by atoms with Gasteiger partial charge in [-0.15, -0.1) is 0 Å². The van der Waals surface area contributed by atoms with Crippen LogP contribution in [-0.2, 0) is 9.59 Å². The van der Waals surface area contributed by atoms with Crippen LogP contribution in [-0.4, -0.2) is 34.1 Å². The number of hydrazine groups is 1. The fourth-order valence-corrected chi connectivity index (χ4v) is 2.06. The number of anilines is 1. The van der Waals surface area contributed by atoms with Crippen LogP contribution in [0.25, 0.3) is 0 Å². The van der Waals surface area contributed by atoms with E-state index in [4.69, 9.17) is 0 Å². The first-order chi connectivity index (χ1) is 10.6. The highest BCUT2D eigenvalue weighted by atomic mass is 16.5. The quantitative estimate of drug-likeness (QED) is 0.265. The first kappa shape index (κ1) is 17.9. The van der Waals surface area contributed by atoms with Crippen molar-refractivity contribution in [3.8, 4) is 0 Å². The number of rotatable bonds is 10. The van der Waals surface area contributed by atoms with Gasteiger partial charge < -0.3 is 0 Å². The summed E-state index contributed by atoms with van der Waals surface area (Å²) in [4.78, 5) is 26.9. The second kappa shape index (κ2) is 9.73. The van der Waals surface area contributed by atoms with E-state index < -0.39 is 5.92 Å². The molecular formula is C15H24N4O3. The largest absolute Gasteiger partial charge is 0.286 e. The van der Waals surface area contributed by atoms with Gasteiger partial charge in [-0.1, -0.05) is 32.3 Å². The maximum atomic E-state index is 12.2. The molecule has 1 atom stereocenters. The molecule has 0 bridgehead atoms. The molecular weight excluding hydrogens is 284 g/mol. The highest BCUT2D eigenvalue weighted by Crippen LogP contribution is 2.12. The van der Waals surface area contributed by atoms with Crippen LogP contribution in [0.15, 0.2) is 18.2 Å². The van der Waals surface area contributed by atoms with Crippen LogP contribution in [0.1, 0.15) is 38.3 Å². The third-order valence-electron chi connectivity index (χ3n) is 3.26. The lowest BCUT2D eigenvalue weighted by atomic mass is 10.0. The lowest BCUT2D eigenvalue weighted by Crippen LogP contribution is -2.40. The zero-order valence-electron chi connectivity index (χ0n) is 13.1. The summed E-state index contributed by atoms with van der Waals surface area (Å²) in [5.74, 6) is -0.212. The molecule has 7 heteroatoms. The van der Waals surface area contributed by atoms with Gasteiger partial charge in [-0.05, 0) is 25.5 Å². The molecule has 0 saturated carbocycles. The van der Waals surface area contributed by atoms with Gasteiger partial charge in [-0.3, -0.25) is 25.6 Å². The number of hydrogen-bond acceptors (Lipinski definition) is 5. The van der Waals surface area contributed by atoms with Gasteiger partial charge in [-0.25, -0.2) is 10.0 Å². The molecule has 0 aromatic carbocycles. The first-order valence-corrected chi connectivity index (χ1v) is 7.47. The monoisotopic (exact) mass is 308 g/mol. The van der Waals surface area contributed by atoms with Crippen molar-refractivity contribution in [3.05, 3.63) is 23.9 Å². The zero-order valence-corrected chi connectivity index (χ0v) is 13.1. The molecule has 0 aliphatic heterocycles. The van der Waals surface area contributed by atoms with E-state index in [1.165, 1.54) is 0 Å². The van der Waals surface area contributed by atoms with E-state index in [-0.39, 0.29) is 12.5 Å². The number of hydrogen-bond donors (Lipinski definition) is 3. The number of pyridine rings is 1. The topological polar surface area (TPSA) is 94.6 Å². The van der Waals surface area contributed by atoms with Crippen molar-refractivity contribution in [2.45, 2.75) is 39.5 Å². The van der Waals surface area contributed by atoms with Gasteiger partial charge in [-0.2, -0.15) is 0 Å². The summed E-state index contributed by atoms with van der Waals surface area (Å²) in [6, 6.07) is 5.43. The number of amides is 2. The molecule has 1 aromatic heterocycles. The Morgan fingerprint density at radius 2 is 2.23 bits per heavy atom. The number of aromatic nitrogens is 1. The Kier molecular flexibility index (Phi) is 7.91. The van der Waals surface area contributed by atoms with E-state index in [1.54, 1.807) is 6.07 Å². The van der Waals surface area contributed by atoms with Gasteiger partial charge in [0.05, 0.1) is 12.5 Å². The summed E-state index contributed by atoms with van der Waals surface area (Å²) < 4.78 is 0. The minimum absolute atomic E-state index is 0.0258. The molecule has 0 aliphatic rings. The fourth-order valence-electron chi connectivity index (χ4n) is 2.06. The number of carbonyl (C=O) groups is 2. The van der Waals surface area contributed by atoms with Crippen molar-refractivity contribution in [2.24, 2.45) is 5.92 Å². The Labute approximate surface area is 130 Å². The molecule has 7 nitrogen and oxygen atoms in total. The molecule has 1 rings (SSSR count). The van der Waals surface area contributed by atoms with Gasteiger partial charge in [0.15, 0.2) is 0 Å². The summed E-state index contributed by atoms with van der Waals surface area (Å²) in [5, 5.41) is 9.81. The predicted molar refractivity (Wildman–Crippen MR) is 82.9 cm³/mol. The van der Waals surface area contributed by atoms with E-state index in [0.717, 1.165) is 25.0 Å². The standard InChI is InChI=1S/C15H24N4O3/c1-3-4-5-8-13(10-19(22)11-20)15(21)18-17-14-9-6-7-12(2)16-14/h6-7,9,11,13,22H,3-5,8,10H2,1-2H3,(H,16,17)(H,18,21)/t13-/m0/s1. The number of aryl methyl sites for hydroxylation is 1.